The summed E-state index contributed by atoms with van der Waals surface area (Å²) in [4.78, 5) is 9.80. The van der Waals surface area contributed by atoms with Crippen LogP contribution in [0, 0.1) is 10.1 Å². The Labute approximate surface area is 136 Å². The molecular weight excluding hydrogens is 346 g/mol. The normalized spacial score (nSPS) is 11.7. The topological polar surface area (TPSA) is 118 Å². The van der Waals surface area contributed by atoms with Gasteiger partial charge in [-0.2, -0.15) is 0 Å². The Kier molecular flexibility index (Phi) is 4.57. The van der Waals surface area contributed by atoms with Gasteiger partial charge in [-0.25, -0.2) is 8.42 Å². The van der Waals surface area contributed by atoms with Gasteiger partial charge in [0.2, 0.25) is 0 Å². The van der Waals surface area contributed by atoms with Crippen LogP contribution in [0.15, 0.2) is 46.7 Å². The van der Waals surface area contributed by atoms with Gasteiger partial charge < -0.3 is 10.2 Å². The number of hydrogen-bond acceptors (Lipinski definition) is 6. The van der Waals surface area contributed by atoms with E-state index in [0.29, 0.717) is 0 Å². The van der Waals surface area contributed by atoms with Gasteiger partial charge in [-0.15, -0.1) is 0 Å². The van der Waals surface area contributed by atoms with E-state index in [9.17, 15) is 28.7 Å². The van der Waals surface area contributed by atoms with Gasteiger partial charge in [0.15, 0.2) is 21.3 Å². The van der Waals surface area contributed by atoms with E-state index in [1.54, 1.807) is 0 Å². The highest BCUT2D eigenvalue weighted by Gasteiger charge is 2.13. The number of rotatable bonds is 4. The maximum Gasteiger partial charge on any atom is 0.269 e. The molecule has 0 saturated heterocycles. The number of halogens is 1. The molecular formula is C14H10ClNO6S. The maximum absolute atomic E-state index is 12.1. The van der Waals surface area contributed by atoms with Crippen molar-refractivity contribution in [3.05, 3.63) is 62.5 Å². The summed E-state index contributed by atoms with van der Waals surface area (Å²) in [5, 5.41) is 30.1. The maximum atomic E-state index is 12.1. The lowest BCUT2D eigenvalue weighted by Crippen LogP contribution is -1.96. The van der Waals surface area contributed by atoms with Gasteiger partial charge in [-0.3, -0.25) is 10.1 Å². The molecule has 0 aliphatic rings. The average Bonchev–Trinajstić information content (AvgIpc) is 2.50. The third-order valence-corrected chi connectivity index (χ3v) is 4.59. The number of phenols is 2. The van der Waals surface area contributed by atoms with Crippen molar-refractivity contribution >= 4 is 33.2 Å². The molecule has 23 heavy (non-hydrogen) atoms. The lowest BCUT2D eigenvalue weighted by Gasteiger charge is -2.02. The number of aromatic hydroxyl groups is 2. The van der Waals surface area contributed by atoms with Gasteiger partial charge in [-0.05, 0) is 35.9 Å². The highest BCUT2D eigenvalue weighted by molar-refractivity contribution is 7.94. The van der Waals surface area contributed by atoms with E-state index < -0.39 is 26.3 Å². The van der Waals surface area contributed by atoms with Crippen molar-refractivity contribution in [3.63, 3.8) is 0 Å². The van der Waals surface area contributed by atoms with Crippen molar-refractivity contribution in [2.45, 2.75) is 4.90 Å². The van der Waals surface area contributed by atoms with Crippen LogP contribution in [0.2, 0.25) is 5.02 Å². The Balaban J connectivity index is 2.32. The first-order valence-electron chi connectivity index (χ1n) is 6.10. The fraction of sp³-hybridized carbons (Fsp3) is 0. The van der Waals surface area contributed by atoms with Crippen LogP contribution in [0.1, 0.15) is 5.56 Å². The van der Waals surface area contributed by atoms with Gasteiger partial charge in [0.25, 0.3) is 5.69 Å². The van der Waals surface area contributed by atoms with Crippen LogP contribution < -0.4 is 0 Å². The molecule has 2 aromatic carbocycles. The van der Waals surface area contributed by atoms with E-state index >= 15 is 0 Å². The summed E-state index contributed by atoms with van der Waals surface area (Å²) in [6.45, 7) is 0. The van der Waals surface area contributed by atoms with Crippen molar-refractivity contribution in [1.29, 1.82) is 0 Å². The van der Waals surface area contributed by atoms with E-state index in [1.807, 2.05) is 0 Å². The van der Waals surface area contributed by atoms with Crippen LogP contribution in [0.3, 0.4) is 0 Å². The van der Waals surface area contributed by atoms with Crippen LogP contribution >= 0.6 is 11.6 Å². The monoisotopic (exact) mass is 355 g/mol. The van der Waals surface area contributed by atoms with Crippen molar-refractivity contribution in [2.75, 3.05) is 0 Å². The largest absolute Gasteiger partial charge is 0.504 e. The first-order valence-corrected chi connectivity index (χ1v) is 8.02. The summed E-state index contributed by atoms with van der Waals surface area (Å²) in [7, 11) is -3.83. The summed E-state index contributed by atoms with van der Waals surface area (Å²) >= 11 is 5.68. The van der Waals surface area contributed by atoms with Gasteiger partial charge in [0.1, 0.15) is 0 Å². The molecule has 7 nitrogen and oxygen atoms in total. The Morgan fingerprint density at radius 1 is 1.13 bits per heavy atom. The zero-order chi connectivity index (χ0) is 17.2. The quantitative estimate of drug-likeness (QED) is 0.494. The Bertz CT molecular complexity index is 867. The molecule has 2 rings (SSSR count). The lowest BCUT2D eigenvalue weighted by molar-refractivity contribution is -0.384. The smallest absolute Gasteiger partial charge is 0.269 e. The second kappa shape index (κ2) is 6.27. The molecule has 0 fully saturated rings. The predicted octanol–water partition coefficient (Wildman–Crippen LogP) is 3.10. The third kappa shape index (κ3) is 3.79. The fourth-order valence-electron chi connectivity index (χ4n) is 1.71. The number of nitrogens with zero attached hydrogens (tertiary/aromatic N) is 1. The molecule has 9 heteroatoms. The Hall–Kier alpha value is -2.58. The van der Waals surface area contributed by atoms with Crippen LogP contribution in [0.25, 0.3) is 6.08 Å². The van der Waals surface area contributed by atoms with Crippen LogP contribution in [0.5, 0.6) is 11.5 Å². The highest BCUT2D eigenvalue weighted by atomic mass is 35.5. The summed E-state index contributed by atoms with van der Waals surface area (Å²) in [5.74, 6) is -0.980. The van der Waals surface area contributed by atoms with Crippen LogP contribution in [0.4, 0.5) is 5.69 Å². The van der Waals surface area contributed by atoms with Gasteiger partial charge >= 0.3 is 0 Å². The van der Waals surface area contributed by atoms with Gasteiger partial charge in [0.05, 0.1) is 14.8 Å². The number of nitro benzene ring substituents is 1. The van der Waals surface area contributed by atoms with Crippen molar-refractivity contribution in [3.8, 4) is 11.5 Å². The molecule has 0 amide bonds. The molecule has 0 aliphatic heterocycles. The first-order chi connectivity index (χ1) is 10.7. The summed E-state index contributed by atoms with van der Waals surface area (Å²) in [6.07, 6.45) is 1.18. The van der Waals surface area contributed by atoms with E-state index in [-0.39, 0.29) is 21.2 Å². The van der Waals surface area contributed by atoms with E-state index in [4.69, 9.17) is 11.6 Å². The summed E-state index contributed by atoms with van der Waals surface area (Å²) < 4.78 is 24.2. The van der Waals surface area contributed by atoms with Gasteiger partial charge in [0, 0.05) is 17.5 Å². The molecule has 0 bridgehead atoms. The minimum Gasteiger partial charge on any atom is -0.504 e. The summed E-state index contributed by atoms with van der Waals surface area (Å²) in [6, 6.07) is 6.84. The zero-order valence-electron chi connectivity index (χ0n) is 11.4. The molecule has 0 atom stereocenters. The number of benzene rings is 2. The minimum atomic E-state index is -3.83. The lowest BCUT2D eigenvalue weighted by atomic mass is 10.2. The number of phenolic OH excluding ortho intramolecular Hbond substituents is 2. The van der Waals surface area contributed by atoms with Gasteiger partial charge in [-0.1, -0.05) is 11.6 Å². The first kappa shape index (κ1) is 16.8. The molecule has 0 spiro atoms. The Morgan fingerprint density at radius 3 is 2.26 bits per heavy atom. The van der Waals surface area contributed by atoms with Crippen LogP contribution in [-0.2, 0) is 9.84 Å². The molecule has 0 heterocycles. The molecule has 2 aromatic rings. The SMILES string of the molecule is O=[N+]([O-])c1ccc(S(=O)(=O)/C=C/c2cc(O)c(O)c(Cl)c2)cc1. The number of sulfone groups is 1. The fourth-order valence-corrected chi connectivity index (χ4v) is 2.94. The molecule has 0 aromatic heterocycles. The van der Waals surface area contributed by atoms with Crippen LogP contribution in [-0.4, -0.2) is 23.6 Å². The van der Waals surface area contributed by atoms with Crippen molar-refractivity contribution in [1.82, 2.24) is 0 Å². The Morgan fingerprint density at radius 2 is 1.74 bits per heavy atom. The zero-order valence-corrected chi connectivity index (χ0v) is 13.0. The molecule has 0 aliphatic carbocycles. The number of hydrogen-bond donors (Lipinski definition) is 2. The molecule has 120 valence electrons. The highest BCUT2D eigenvalue weighted by Crippen LogP contribution is 2.34. The summed E-state index contributed by atoms with van der Waals surface area (Å²) in [5.41, 5.74) is 0.0407. The number of nitro groups is 1. The van der Waals surface area contributed by atoms with Crippen molar-refractivity contribution < 1.29 is 23.6 Å². The molecule has 2 N–H and O–H groups in total. The standard InChI is InChI=1S/C14H10ClNO6S/c15-12-7-9(8-13(17)14(12)18)5-6-23(21,22)11-3-1-10(2-4-11)16(19)20/h1-8,17-18H/b6-5+. The molecule has 0 radical (unpaired) electrons. The minimum absolute atomic E-state index is 0.117. The average molecular weight is 356 g/mol. The second-order valence-corrected chi connectivity index (χ2v) is 6.71. The molecule has 0 saturated carbocycles. The number of non-ortho nitro benzene ring substituents is 1. The second-order valence-electron chi connectivity index (χ2n) is 4.47. The van der Waals surface area contributed by atoms with Crippen molar-refractivity contribution in [2.24, 2.45) is 0 Å². The van der Waals surface area contributed by atoms with E-state index in [1.165, 1.54) is 12.1 Å². The molecule has 0 unspecified atom stereocenters. The third-order valence-electron chi connectivity index (χ3n) is 2.88. The predicted molar refractivity (Wildman–Crippen MR) is 84.1 cm³/mol. The van der Waals surface area contributed by atoms with E-state index in [2.05, 4.69) is 0 Å². The van der Waals surface area contributed by atoms with E-state index in [0.717, 1.165) is 35.7 Å².